The van der Waals surface area contributed by atoms with Crippen molar-refractivity contribution in [2.75, 3.05) is 17.7 Å². The summed E-state index contributed by atoms with van der Waals surface area (Å²) in [5.41, 5.74) is 8.47. The molecule has 1 atom stereocenters. The molecule has 2 rings (SSSR count). The monoisotopic (exact) mass is 257 g/mol. The Kier molecular flexibility index (Phi) is 4.23. The minimum atomic E-state index is 0.109. The Bertz CT molecular complexity index is 528. The zero-order chi connectivity index (χ0) is 13.7. The number of nitrogens with zero attached hydrogens (tertiary/aromatic N) is 1. The third-order valence-corrected chi connectivity index (χ3v) is 2.75. The first-order valence-electron chi connectivity index (χ1n) is 6.40. The molecule has 0 aliphatic heterocycles. The summed E-state index contributed by atoms with van der Waals surface area (Å²) < 4.78 is 5.48. The first kappa shape index (κ1) is 13.2. The van der Waals surface area contributed by atoms with Crippen LogP contribution in [-0.2, 0) is 0 Å². The fraction of sp³-hybridized carbons (Fsp3) is 0.267. The topological polar surface area (TPSA) is 60.2 Å². The number of benzene rings is 1. The van der Waals surface area contributed by atoms with Gasteiger partial charge < -0.3 is 15.8 Å². The van der Waals surface area contributed by atoms with Crippen molar-refractivity contribution in [2.24, 2.45) is 0 Å². The van der Waals surface area contributed by atoms with Crippen LogP contribution < -0.4 is 15.8 Å². The number of nitrogen functional groups attached to an aromatic ring is 1. The molecule has 0 fully saturated rings. The maximum Gasteiger partial charge on any atom is 0.123 e. The third-order valence-electron chi connectivity index (χ3n) is 2.75. The van der Waals surface area contributed by atoms with Crippen molar-refractivity contribution < 1.29 is 4.74 Å². The van der Waals surface area contributed by atoms with Crippen molar-refractivity contribution in [2.45, 2.75) is 19.9 Å². The van der Waals surface area contributed by atoms with Crippen LogP contribution in [0.1, 0.15) is 25.6 Å². The van der Waals surface area contributed by atoms with Crippen LogP contribution >= 0.6 is 0 Å². The van der Waals surface area contributed by atoms with E-state index in [0.717, 1.165) is 17.1 Å². The third kappa shape index (κ3) is 3.61. The second-order valence-corrected chi connectivity index (χ2v) is 4.34. The lowest BCUT2D eigenvalue weighted by atomic mass is 10.2. The van der Waals surface area contributed by atoms with Crippen molar-refractivity contribution in [3.05, 3.63) is 48.3 Å². The summed E-state index contributed by atoms with van der Waals surface area (Å²) in [6.45, 7) is 4.64. The van der Waals surface area contributed by atoms with E-state index in [-0.39, 0.29) is 6.04 Å². The van der Waals surface area contributed by atoms with E-state index < -0.39 is 0 Å². The van der Waals surface area contributed by atoms with Crippen LogP contribution in [0.2, 0.25) is 0 Å². The minimum absolute atomic E-state index is 0.109. The summed E-state index contributed by atoms with van der Waals surface area (Å²) in [5.74, 6) is 0.776. The lowest BCUT2D eigenvalue weighted by molar-refractivity contribution is 0.340. The summed E-state index contributed by atoms with van der Waals surface area (Å²) in [4.78, 5) is 4.33. The largest absolute Gasteiger partial charge is 0.494 e. The number of aromatic nitrogens is 1. The molecule has 0 bridgehead atoms. The van der Waals surface area contributed by atoms with Gasteiger partial charge in [0.05, 0.1) is 18.3 Å². The molecule has 1 aromatic heterocycles. The highest BCUT2D eigenvalue weighted by atomic mass is 16.5. The van der Waals surface area contributed by atoms with E-state index in [2.05, 4.69) is 17.2 Å². The van der Waals surface area contributed by atoms with E-state index in [1.807, 2.05) is 43.3 Å². The Morgan fingerprint density at radius 3 is 2.84 bits per heavy atom. The fourth-order valence-electron chi connectivity index (χ4n) is 1.91. The van der Waals surface area contributed by atoms with Crippen LogP contribution in [0.4, 0.5) is 11.4 Å². The Morgan fingerprint density at radius 1 is 1.32 bits per heavy atom. The van der Waals surface area contributed by atoms with Crippen LogP contribution in [0.25, 0.3) is 0 Å². The SMILES string of the molecule is CCOc1cc(N)cc(NC(C)c2ccccn2)c1. The molecule has 0 amide bonds. The van der Waals surface area contributed by atoms with Crippen molar-refractivity contribution in [3.8, 4) is 5.75 Å². The van der Waals surface area contributed by atoms with Gasteiger partial charge >= 0.3 is 0 Å². The quantitative estimate of drug-likeness (QED) is 0.807. The average Bonchev–Trinajstić information content (AvgIpc) is 2.39. The van der Waals surface area contributed by atoms with E-state index in [4.69, 9.17) is 10.5 Å². The zero-order valence-corrected chi connectivity index (χ0v) is 11.3. The van der Waals surface area contributed by atoms with Gasteiger partial charge in [0.2, 0.25) is 0 Å². The van der Waals surface area contributed by atoms with Gasteiger partial charge in [-0.05, 0) is 32.0 Å². The van der Waals surface area contributed by atoms with Gasteiger partial charge in [0.1, 0.15) is 5.75 Å². The van der Waals surface area contributed by atoms with Crippen LogP contribution in [0.3, 0.4) is 0 Å². The van der Waals surface area contributed by atoms with Gasteiger partial charge in [0, 0.05) is 29.7 Å². The highest BCUT2D eigenvalue weighted by molar-refractivity contribution is 5.59. The van der Waals surface area contributed by atoms with E-state index in [9.17, 15) is 0 Å². The molecule has 2 aromatic rings. The lowest BCUT2D eigenvalue weighted by Gasteiger charge is -2.16. The summed E-state index contributed by atoms with van der Waals surface area (Å²) in [7, 11) is 0. The molecule has 0 saturated heterocycles. The van der Waals surface area contributed by atoms with Crippen molar-refractivity contribution in [1.29, 1.82) is 0 Å². The van der Waals surface area contributed by atoms with Gasteiger partial charge in [-0.25, -0.2) is 0 Å². The summed E-state index contributed by atoms with van der Waals surface area (Å²) >= 11 is 0. The first-order valence-corrected chi connectivity index (χ1v) is 6.40. The number of nitrogens with two attached hydrogens (primary N) is 1. The molecule has 0 aliphatic rings. The van der Waals surface area contributed by atoms with Gasteiger partial charge in [-0.2, -0.15) is 0 Å². The minimum Gasteiger partial charge on any atom is -0.494 e. The molecular weight excluding hydrogens is 238 g/mol. The van der Waals surface area contributed by atoms with Crippen LogP contribution in [-0.4, -0.2) is 11.6 Å². The molecular formula is C15H19N3O. The number of ether oxygens (including phenoxy) is 1. The molecule has 1 aromatic carbocycles. The van der Waals surface area contributed by atoms with Gasteiger partial charge in [0.25, 0.3) is 0 Å². The number of hydrogen-bond donors (Lipinski definition) is 2. The molecule has 100 valence electrons. The van der Waals surface area contributed by atoms with E-state index >= 15 is 0 Å². The molecule has 1 unspecified atom stereocenters. The second-order valence-electron chi connectivity index (χ2n) is 4.34. The second kappa shape index (κ2) is 6.09. The number of hydrogen-bond acceptors (Lipinski definition) is 4. The van der Waals surface area contributed by atoms with E-state index in [0.29, 0.717) is 12.3 Å². The summed E-state index contributed by atoms with van der Waals surface area (Å²) in [6.07, 6.45) is 1.79. The highest BCUT2D eigenvalue weighted by Gasteiger charge is 2.07. The number of rotatable bonds is 5. The molecule has 0 radical (unpaired) electrons. The maximum atomic E-state index is 5.87. The molecule has 0 spiro atoms. The maximum absolute atomic E-state index is 5.87. The molecule has 0 aliphatic carbocycles. The summed E-state index contributed by atoms with van der Waals surface area (Å²) in [6, 6.07) is 11.6. The number of anilines is 2. The van der Waals surface area contributed by atoms with Crippen molar-refractivity contribution in [1.82, 2.24) is 4.98 Å². The molecule has 4 heteroatoms. The Balaban J connectivity index is 2.14. The van der Waals surface area contributed by atoms with Gasteiger partial charge in [-0.15, -0.1) is 0 Å². The number of pyridine rings is 1. The fourth-order valence-corrected chi connectivity index (χ4v) is 1.91. The first-order chi connectivity index (χ1) is 9.19. The van der Waals surface area contributed by atoms with Crippen LogP contribution in [0.15, 0.2) is 42.6 Å². The lowest BCUT2D eigenvalue weighted by Crippen LogP contribution is -2.08. The number of nitrogens with one attached hydrogen (secondary N) is 1. The zero-order valence-electron chi connectivity index (χ0n) is 11.3. The Labute approximate surface area is 113 Å². The van der Waals surface area contributed by atoms with Crippen LogP contribution in [0.5, 0.6) is 5.75 Å². The van der Waals surface area contributed by atoms with Gasteiger partial charge in [0.15, 0.2) is 0 Å². The van der Waals surface area contributed by atoms with Gasteiger partial charge in [-0.3, -0.25) is 4.98 Å². The van der Waals surface area contributed by atoms with Crippen molar-refractivity contribution in [3.63, 3.8) is 0 Å². The molecule has 1 heterocycles. The normalized spacial score (nSPS) is 11.9. The van der Waals surface area contributed by atoms with Gasteiger partial charge in [-0.1, -0.05) is 6.07 Å². The standard InChI is InChI=1S/C15H19N3O/c1-3-19-14-9-12(16)8-13(10-14)18-11(2)15-6-4-5-7-17-15/h4-11,18H,3,16H2,1-2H3. The van der Waals surface area contributed by atoms with Crippen LogP contribution in [0, 0.1) is 0 Å². The molecule has 0 saturated carbocycles. The Morgan fingerprint density at radius 2 is 2.16 bits per heavy atom. The van der Waals surface area contributed by atoms with E-state index in [1.165, 1.54) is 0 Å². The smallest absolute Gasteiger partial charge is 0.123 e. The average molecular weight is 257 g/mol. The predicted octanol–water partition coefficient (Wildman–Crippen LogP) is 3.24. The molecule has 3 N–H and O–H groups in total. The Hall–Kier alpha value is -2.23. The highest BCUT2D eigenvalue weighted by Crippen LogP contribution is 2.25. The predicted molar refractivity (Wildman–Crippen MR) is 78.3 cm³/mol. The summed E-state index contributed by atoms with van der Waals surface area (Å²) in [5, 5.41) is 3.38. The van der Waals surface area contributed by atoms with Crippen molar-refractivity contribution >= 4 is 11.4 Å². The molecule has 4 nitrogen and oxygen atoms in total. The van der Waals surface area contributed by atoms with E-state index in [1.54, 1.807) is 6.20 Å². The molecule has 19 heavy (non-hydrogen) atoms.